The summed E-state index contributed by atoms with van der Waals surface area (Å²) in [5.74, 6) is 0. The maximum absolute atomic E-state index is 0. The van der Waals surface area contributed by atoms with Crippen LogP contribution in [0.1, 0.15) is 0 Å². The van der Waals surface area contributed by atoms with Gasteiger partial charge in [0.25, 0.3) is 0 Å². The summed E-state index contributed by atoms with van der Waals surface area (Å²) in [6.45, 7) is 0. The van der Waals surface area contributed by atoms with Crippen molar-refractivity contribution in [3.05, 3.63) is 0 Å². The van der Waals surface area contributed by atoms with Gasteiger partial charge in [-0.3, -0.25) is 0 Å². The van der Waals surface area contributed by atoms with E-state index >= 15 is 0 Å². The Bertz CT molecular complexity index is 0. The van der Waals surface area contributed by atoms with E-state index in [0.717, 1.165) is 0 Å². The van der Waals surface area contributed by atoms with Gasteiger partial charge in [-0.25, -0.2) is 0 Å². The van der Waals surface area contributed by atoms with E-state index < -0.39 is 0 Å². The molecule has 0 fully saturated rings. The van der Waals surface area contributed by atoms with Gasteiger partial charge in [-0.2, -0.15) is 0 Å². The molecule has 0 heterocycles. The number of rotatable bonds is 0. The molecule has 0 aliphatic carbocycles. The van der Waals surface area contributed by atoms with Crippen molar-refractivity contribution in [3.63, 3.8) is 0 Å². The Morgan fingerprint density at radius 1 is 0.0435 bits per heavy atom. The fourth-order valence-corrected chi connectivity index (χ4v) is 0. The van der Waals surface area contributed by atoms with E-state index in [0.29, 0.717) is 0 Å². The van der Waals surface area contributed by atoms with Crippen molar-refractivity contribution >= 4 is 1180 Å². The molecule has 0 aromatic heterocycles. The third-order valence-electron chi connectivity index (χ3n) is 0. The first-order valence-corrected chi connectivity index (χ1v) is 0. The van der Waals surface area contributed by atoms with E-state index in [-0.39, 0.29) is 1180 Å². The fourth-order valence-electron chi connectivity index (χ4n) is 0. The molecule has 0 rings (SSSR count). The Balaban J connectivity index is 0. The van der Waals surface area contributed by atoms with Crippen LogP contribution in [0.5, 0.6) is 0 Å². The summed E-state index contributed by atoms with van der Waals surface area (Å²) >= 11 is 0. The van der Waals surface area contributed by atoms with Crippen molar-refractivity contribution < 1.29 is 0 Å². The zero-order valence-corrected chi connectivity index (χ0v) is 0. The fraction of sp³-hybridized carbons (Fsp3) is 0. The van der Waals surface area contributed by atoms with Gasteiger partial charge in [0.15, 0.2) is 0 Å². The molecule has 23 heavy (non-hydrogen) atoms. The molecule has 0 unspecified atom stereocenters. The van der Waals surface area contributed by atoms with Gasteiger partial charge in [0.2, 0.25) is 0 Å². The van der Waals surface area contributed by atoms with Crippen LogP contribution in [-0.2, 0) is 0 Å². The summed E-state index contributed by atoms with van der Waals surface area (Å²) in [4.78, 5) is 0. The average molecular weight is 922 g/mol. The van der Waals surface area contributed by atoms with Crippen molar-refractivity contribution in [3.8, 4) is 0 Å². The molecule has 0 N–H and O–H groups in total. The van der Waals surface area contributed by atoms with Gasteiger partial charge >= 0.3 is 1180 Å². The van der Waals surface area contributed by atoms with Gasteiger partial charge in [0.05, 0.1) is 0 Å². The van der Waals surface area contributed by atoms with Crippen molar-refractivity contribution in [2.45, 2.75) is 0 Å². The maximum atomic E-state index is 0. The Hall–Kier alpha value is 37.6. The molecule has 0 atom stereocenters. The van der Waals surface area contributed by atoms with E-state index in [2.05, 4.69) is 0 Å². The van der Waals surface area contributed by atoms with Gasteiger partial charge in [-0.1, -0.05) is 0 Å². The molecule has 0 aromatic carbocycles. The number of hydrogen-bond donors (Lipinski definition) is 0. The molecule has 0 aromatic rings. The van der Waals surface area contributed by atoms with Gasteiger partial charge in [-0.15, -0.1) is 0 Å². The zero-order valence-electron chi connectivity index (χ0n) is 0. The Kier molecular flexibility index (Phi) is 958. The molecule has 23 heteroatoms. The zero-order chi connectivity index (χ0) is 0. The Morgan fingerprint density at radius 2 is 0.0435 bits per heavy atom. The van der Waals surface area contributed by atoms with E-state index in [4.69, 9.17) is 0 Å². The summed E-state index contributed by atoms with van der Waals surface area (Å²) in [5.41, 5.74) is 0. The first-order chi connectivity index (χ1) is 0. The number of hydrogen-bond acceptors (Lipinski definition) is 0. The van der Waals surface area contributed by atoms with Crippen LogP contribution in [0, 0.1) is 0 Å². The third-order valence-corrected chi connectivity index (χ3v) is 0. The van der Waals surface area contributed by atoms with Crippen LogP contribution in [0.3, 0.4) is 0 Å². The molecule has 0 aliphatic rings. The molecule has 0 nitrogen and oxygen atoms in total. The van der Waals surface area contributed by atoms with E-state index in [1.54, 1.807) is 0 Å². The molecule has 0 bridgehead atoms. The molecular formula is H23K23. The molecule has 0 aliphatic heterocycles. The normalized spacial score (nSPS) is 0. The van der Waals surface area contributed by atoms with Crippen LogP contribution < -0.4 is 0 Å². The minimum absolute atomic E-state index is 0. The summed E-state index contributed by atoms with van der Waals surface area (Å²) in [6, 6.07) is 0. The van der Waals surface area contributed by atoms with Crippen molar-refractivity contribution in [2.75, 3.05) is 0 Å². The van der Waals surface area contributed by atoms with Crippen LogP contribution in [-0.4, -0.2) is 1180 Å². The second-order valence-corrected chi connectivity index (χ2v) is 0. The first-order valence-electron chi connectivity index (χ1n) is 0. The van der Waals surface area contributed by atoms with Crippen LogP contribution >= 0.6 is 0 Å². The van der Waals surface area contributed by atoms with Crippen molar-refractivity contribution in [1.29, 1.82) is 0 Å². The molecular weight excluding hydrogens is 899 g/mol. The van der Waals surface area contributed by atoms with Gasteiger partial charge in [-0.05, 0) is 0 Å². The molecule has 0 spiro atoms. The van der Waals surface area contributed by atoms with Crippen molar-refractivity contribution in [2.24, 2.45) is 0 Å². The van der Waals surface area contributed by atoms with E-state index in [1.807, 2.05) is 0 Å². The predicted octanol–water partition coefficient (Wildman–Crippen LogP) is -14.9. The van der Waals surface area contributed by atoms with Crippen LogP contribution in [0.4, 0.5) is 0 Å². The van der Waals surface area contributed by atoms with Gasteiger partial charge in [0.1, 0.15) is 0 Å². The minimum atomic E-state index is 0. The summed E-state index contributed by atoms with van der Waals surface area (Å²) < 4.78 is 0. The second-order valence-electron chi connectivity index (χ2n) is 0. The summed E-state index contributed by atoms with van der Waals surface area (Å²) in [6.07, 6.45) is 0. The quantitative estimate of drug-likeness (QED) is 0.212. The average Bonchev–Trinajstić information content (AvgIpc) is 0. The molecule has 0 saturated carbocycles. The predicted molar refractivity (Wildman–Crippen MR) is 164 cm³/mol. The molecule has 0 radical (unpaired) electrons. The topological polar surface area (TPSA) is 0 Å². The Labute approximate surface area is 1130 Å². The van der Waals surface area contributed by atoms with Crippen LogP contribution in [0.2, 0.25) is 0 Å². The SMILES string of the molecule is [KH].[KH].[KH].[KH].[KH].[KH].[KH].[KH].[KH].[KH].[KH].[KH].[KH].[KH].[KH].[KH].[KH].[KH].[KH].[KH].[KH].[KH].[KH]. The standard InChI is InChI=1S/23K.23H. The summed E-state index contributed by atoms with van der Waals surface area (Å²) in [7, 11) is 0. The van der Waals surface area contributed by atoms with E-state index in [1.165, 1.54) is 0 Å². The molecule has 0 saturated heterocycles. The van der Waals surface area contributed by atoms with Crippen LogP contribution in [0.25, 0.3) is 0 Å². The van der Waals surface area contributed by atoms with Gasteiger partial charge < -0.3 is 0 Å². The Morgan fingerprint density at radius 3 is 0.0435 bits per heavy atom. The van der Waals surface area contributed by atoms with Crippen LogP contribution in [0.15, 0.2) is 0 Å². The third kappa shape index (κ3) is 140. The van der Waals surface area contributed by atoms with E-state index in [9.17, 15) is 0 Å². The monoisotopic (exact) mass is 919 g/mol. The molecule has 0 amide bonds. The second kappa shape index (κ2) is 145. The van der Waals surface area contributed by atoms with Crippen molar-refractivity contribution in [1.82, 2.24) is 0 Å². The molecule has 46 valence electrons. The van der Waals surface area contributed by atoms with Gasteiger partial charge in [0, 0.05) is 0 Å². The summed E-state index contributed by atoms with van der Waals surface area (Å²) in [5, 5.41) is 0. The first kappa shape index (κ1) is 152.